The number of hydrogen-bond donors (Lipinski definition) is 1. The monoisotopic (exact) mass is 437 g/mol. The molecule has 10 heteroatoms. The molecule has 28 heavy (non-hydrogen) atoms. The normalized spacial score (nSPS) is 15.4. The maximum absolute atomic E-state index is 12.7. The van der Waals surface area contributed by atoms with E-state index in [0.717, 1.165) is 4.70 Å². The zero-order chi connectivity index (χ0) is 19.9. The number of rotatable bonds is 5. The molecule has 0 aliphatic carbocycles. The highest BCUT2D eigenvalue weighted by molar-refractivity contribution is 7.89. The van der Waals surface area contributed by atoms with Crippen molar-refractivity contribution in [2.24, 2.45) is 0 Å². The van der Waals surface area contributed by atoms with Crippen LogP contribution in [0.2, 0.25) is 5.02 Å². The maximum Gasteiger partial charge on any atom is 0.274 e. The number of benzene rings is 2. The molecule has 0 radical (unpaired) electrons. The molecule has 2 heterocycles. The van der Waals surface area contributed by atoms with Crippen molar-refractivity contribution >= 4 is 54.8 Å². The molecule has 1 amide bonds. The molecule has 1 saturated heterocycles. The van der Waals surface area contributed by atoms with Gasteiger partial charge in [-0.1, -0.05) is 29.0 Å². The molecule has 2 aromatic carbocycles. The second-order valence-corrected chi connectivity index (χ2v) is 9.67. The fourth-order valence-electron chi connectivity index (χ4n) is 2.82. The predicted molar refractivity (Wildman–Crippen MR) is 109 cm³/mol. The minimum atomic E-state index is -3.60. The highest BCUT2D eigenvalue weighted by atomic mass is 35.5. The molecule has 1 fully saturated rings. The summed E-state index contributed by atoms with van der Waals surface area (Å²) in [5.74, 6) is -0.213. The van der Waals surface area contributed by atoms with Crippen LogP contribution >= 0.6 is 22.9 Å². The number of aromatic nitrogens is 1. The largest absolute Gasteiger partial charge is 0.464 e. The maximum atomic E-state index is 12.7. The van der Waals surface area contributed by atoms with Crippen LogP contribution in [0.25, 0.3) is 10.2 Å². The number of nitrogens with one attached hydrogen (secondary N) is 1. The number of sulfonamides is 1. The first-order valence-electron chi connectivity index (χ1n) is 8.42. The van der Waals surface area contributed by atoms with E-state index in [4.69, 9.17) is 16.3 Å². The standard InChI is InChI=1S/C18H16ClN3O4S2/c1-11(23)20-12-5-7-14(8-6-12)28(24,25)22-9-13(10-22)26-18-21-17-15(19)3-2-4-16(17)27-18/h2-8,13H,9-10H2,1H3,(H,20,23). The third kappa shape index (κ3) is 3.70. The third-order valence-electron chi connectivity index (χ3n) is 4.24. The van der Waals surface area contributed by atoms with Gasteiger partial charge in [0.05, 0.1) is 27.7 Å². The Labute approximate surface area is 170 Å². The number of nitrogens with zero attached hydrogens (tertiary/aromatic N) is 2. The number of thiazole rings is 1. The fraction of sp³-hybridized carbons (Fsp3) is 0.222. The van der Waals surface area contributed by atoms with E-state index in [0.29, 0.717) is 21.4 Å². The molecule has 4 rings (SSSR count). The summed E-state index contributed by atoms with van der Waals surface area (Å²) >= 11 is 7.50. The summed E-state index contributed by atoms with van der Waals surface area (Å²) in [5, 5.41) is 3.64. The van der Waals surface area contributed by atoms with Crippen molar-refractivity contribution in [3.8, 4) is 5.19 Å². The zero-order valence-corrected chi connectivity index (χ0v) is 17.1. The lowest BCUT2D eigenvalue weighted by molar-refractivity contribution is -0.114. The van der Waals surface area contributed by atoms with Crippen LogP contribution in [0.5, 0.6) is 5.19 Å². The van der Waals surface area contributed by atoms with Gasteiger partial charge in [0.15, 0.2) is 0 Å². The van der Waals surface area contributed by atoms with Crippen LogP contribution in [-0.2, 0) is 14.8 Å². The van der Waals surface area contributed by atoms with E-state index in [1.165, 1.54) is 34.7 Å². The first-order valence-corrected chi connectivity index (χ1v) is 11.1. The summed E-state index contributed by atoms with van der Waals surface area (Å²) in [5.41, 5.74) is 1.23. The van der Waals surface area contributed by atoms with E-state index < -0.39 is 10.0 Å². The Morgan fingerprint density at radius 3 is 2.61 bits per heavy atom. The SMILES string of the molecule is CC(=O)Nc1ccc(S(=O)(=O)N2CC(Oc3nc4c(Cl)cccc4s3)C2)cc1. The van der Waals surface area contributed by atoms with Gasteiger partial charge in [-0.05, 0) is 36.4 Å². The van der Waals surface area contributed by atoms with E-state index in [1.54, 1.807) is 18.2 Å². The van der Waals surface area contributed by atoms with Crippen molar-refractivity contribution in [3.05, 3.63) is 47.5 Å². The van der Waals surface area contributed by atoms with Gasteiger partial charge in [0.2, 0.25) is 15.9 Å². The molecule has 3 aromatic rings. The van der Waals surface area contributed by atoms with E-state index in [-0.39, 0.29) is 30.0 Å². The minimum absolute atomic E-state index is 0.173. The lowest BCUT2D eigenvalue weighted by Gasteiger charge is -2.37. The number of amides is 1. The van der Waals surface area contributed by atoms with Crippen LogP contribution < -0.4 is 10.1 Å². The number of carbonyl (C=O) groups excluding carboxylic acids is 1. The molecule has 1 N–H and O–H groups in total. The molecular weight excluding hydrogens is 422 g/mol. The quantitative estimate of drug-likeness (QED) is 0.661. The van der Waals surface area contributed by atoms with Gasteiger partial charge in [-0.2, -0.15) is 4.31 Å². The second kappa shape index (κ2) is 7.32. The summed E-state index contributed by atoms with van der Waals surface area (Å²) in [6, 6.07) is 11.6. The van der Waals surface area contributed by atoms with Crippen LogP contribution in [0.4, 0.5) is 5.69 Å². The van der Waals surface area contributed by atoms with E-state index in [1.807, 2.05) is 12.1 Å². The van der Waals surface area contributed by atoms with Crippen LogP contribution in [0.3, 0.4) is 0 Å². The van der Waals surface area contributed by atoms with Gasteiger partial charge in [-0.25, -0.2) is 13.4 Å². The summed E-state index contributed by atoms with van der Waals surface area (Å²) in [6.45, 7) is 1.89. The molecule has 1 aliphatic heterocycles. The Kier molecular flexibility index (Phi) is 5.00. The Morgan fingerprint density at radius 1 is 1.25 bits per heavy atom. The number of ether oxygens (including phenoxy) is 1. The van der Waals surface area contributed by atoms with Gasteiger partial charge in [0.25, 0.3) is 5.19 Å². The van der Waals surface area contributed by atoms with Crippen LogP contribution in [0.1, 0.15) is 6.92 Å². The Bertz CT molecular complexity index is 1140. The molecule has 0 spiro atoms. The molecule has 0 atom stereocenters. The molecule has 0 bridgehead atoms. The van der Waals surface area contributed by atoms with Crippen molar-refractivity contribution in [3.63, 3.8) is 0 Å². The van der Waals surface area contributed by atoms with E-state index in [9.17, 15) is 13.2 Å². The predicted octanol–water partition coefficient (Wildman–Crippen LogP) is 3.36. The highest BCUT2D eigenvalue weighted by Crippen LogP contribution is 2.34. The third-order valence-corrected chi connectivity index (χ3v) is 7.31. The molecule has 0 unspecified atom stereocenters. The summed E-state index contributed by atoms with van der Waals surface area (Å²) in [6.07, 6.45) is -0.257. The van der Waals surface area contributed by atoms with Gasteiger partial charge in [-0.3, -0.25) is 4.79 Å². The number of halogens is 1. The van der Waals surface area contributed by atoms with Gasteiger partial charge >= 0.3 is 0 Å². The van der Waals surface area contributed by atoms with Crippen molar-refractivity contribution in [1.29, 1.82) is 0 Å². The van der Waals surface area contributed by atoms with Gasteiger partial charge in [-0.15, -0.1) is 0 Å². The molecule has 1 aliphatic rings. The Hall–Kier alpha value is -2.20. The van der Waals surface area contributed by atoms with Crippen molar-refractivity contribution in [2.45, 2.75) is 17.9 Å². The number of hydrogen-bond acceptors (Lipinski definition) is 6. The number of carbonyl (C=O) groups is 1. The average Bonchev–Trinajstić information content (AvgIpc) is 3.02. The Morgan fingerprint density at radius 2 is 1.96 bits per heavy atom. The highest BCUT2D eigenvalue weighted by Gasteiger charge is 2.38. The lowest BCUT2D eigenvalue weighted by atomic mass is 10.2. The van der Waals surface area contributed by atoms with Gasteiger partial charge < -0.3 is 10.1 Å². The van der Waals surface area contributed by atoms with E-state index >= 15 is 0 Å². The number of para-hydroxylation sites is 1. The van der Waals surface area contributed by atoms with Crippen LogP contribution in [0, 0.1) is 0 Å². The topological polar surface area (TPSA) is 88.6 Å². The molecular formula is C18H16ClN3O4S2. The average molecular weight is 438 g/mol. The van der Waals surface area contributed by atoms with E-state index in [2.05, 4.69) is 10.3 Å². The molecule has 146 valence electrons. The lowest BCUT2D eigenvalue weighted by Crippen LogP contribution is -2.55. The minimum Gasteiger partial charge on any atom is -0.464 e. The van der Waals surface area contributed by atoms with Crippen molar-refractivity contribution < 1.29 is 17.9 Å². The smallest absolute Gasteiger partial charge is 0.274 e. The van der Waals surface area contributed by atoms with Gasteiger partial charge in [0.1, 0.15) is 11.6 Å². The molecule has 1 aromatic heterocycles. The summed E-state index contributed by atoms with van der Waals surface area (Å²) < 4.78 is 33.5. The van der Waals surface area contributed by atoms with Crippen LogP contribution in [0.15, 0.2) is 47.4 Å². The number of fused-ring (bicyclic) bond motifs is 1. The van der Waals surface area contributed by atoms with Crippen molar-refractivity contribution in [1.82, 2.24) is 9.29 Å². The first-order chi connectivity index (χ1) is 13.3. The summed E-state index contributed by atoms with van der Waals surface area (Å²) in [7, 11) is -3.60. The second-order valence-electron chi connectivity index (χ2n) is 6.33. The molecule has 7 nitrogen and oxygen atoms in total. The fourth-order valence-corrected chi connectivity index (χ4v) is 5.51. The summed E-state index contributed by atoms with van der Waals surface area (Å²) in [4.78, 5) is 15.6. The van der Waals surface area contributed by atoms with Gasteiger partial charge in [0, 0.05) is 12.6 Å². The molecule has 0 saturated carbocycles. The van der Waals surface area contributed by atoms with Crippen molar-refractivity contribution in [2.75, 3.05) is 18.4 Å². The van der Waals surface area contributed by atoms with Crippen LogP contribution in [-0.4, -0.2) is 42.8 Å². The first kappa shape index (κ1) is 19.1. The number of anilines is 1. The Balaban J connectivity index is 1.40. The zero-order valence-electron chi connectivity index (χ0n) is 14.8.